The zero-order valence-electron chi connectivity index (χ0n) is 15.4. The quantitative estimate of drug-likeness (QED) is 0.567. The van der Waals surface area contributed by atoms with Crippen LogP contribution in [0.2, 0.25) is 0 Å². The Morgan fingerprint density at radius 1 is 1.15 bits per heavy atom. The summed E-state index contributed by atoms with van der Waals surface area (Å²) < 4.78 is 9.46. The van der Waals surface area contributed by atoms with Gasteiger partial charge in [0.1, 0.15) is 0 Å². The summed E-state index contributed by atoms with van der Waals surface area (Å²) in [5, 5.41) is 13.6. The van der Waals surface area contributed by atoms with Crippen LogP contribution in [0.4, 0.5) is 10.5 Å². The van der Waals surface area contributed by atoms with Gasteiger partial charge in [-0.1, -0.05) is 15.9 Å². The fourth-order valence-electron chi connectivity index (χ4n) is 3.97. The van der Waals surface area contributed by atoms with Gasteiger partial charge in [-0.15, -0.1) is 0 Å². The maximum atomic E-state index is 12.5. The molecular weight excluding hydrogens is 428 g/mol. The van der Waals surface area contributed by atoms with Gasteiger partial charge in [-0.3, -0.25) is 4.72 Å². The molecule has 0 saturated carbocycles. The number of anilines is 1. The molecule has 27 heavy (non-hydrogen) atoms. The lowest BCUT2D eigenvalue weighted by molar-refractivity contribution is 0.0779. The molecule has 0 atom stereocenters. The Bertz CT molecular complexity index is 866. The van der Waals surface area contributed by atoms with Crippen LogP contribution in [-0.4, -0.2) is 11.1 Å². The Hall–Kier alpha value is -1.44. The number of rotatable bonds is 4. The predicted octanol–water partition coefficient (Wildman–Crippen LogP) is 5.08. The third kappa shape index (κ3) is 3.65. The van der Waals surface area contributed by atoms with Crippen molar-refractivity contribution in [2.45, 2.75) is 63.1 Å². The summed E-state index contributed by atoms with van der Waals surface area (Å²) in [7, 11) is 0. The molecule has 2 amide bonds. The molecule has 2 aliphatic rings. The fourth-order valence-corrected chi connectivity index (χ4v) is 5.37. The van der Waals surface area contributed by atoms with E-state index in [4.69, 9.17) is 4.42 Å². The summed E-state index contributed by atoms with van der Waals surface area (Å²) >= 11 is 4.90. The predicted molar refractivity (Wildman–Crippen MR) is 110 cm³/mol. The topological polar surface area (TPSA) is 74.5 Å². The summed E-state index contributed by atoms with van der Waals surface area (Å²) in [5.41, 5.74) is 6.00. The van der Waals surface area contributed by atoms with Gasteiger partial charge in [0, 0.05) is 27.7 Å². The first-order valence-corrected chi connectivity index (χ1v) is 10.9. The molecule has 0 aliphatic heterocycles. The Morgan fingerprint density at radius 3 is 2.30 bits per heavy atom. The van der Waals surface area contributed by atoms with Gasteiger partial charge >= 0.3 is 6.03 Å². The number of carbonyl (C=O) groups is 1. The monoisotopic (exact) mass is 450 g/mol. The molecule has 0 spiro atoms. The molecule has 0 radical (unpaired) electrons. The van der Waals surface area contributed by atoms with E-state index in [1.54, 1.807) is 19.9 Å². The molecule has 3 N–H and O–H groups in total. The molecule has 144 valence electrons. The number of amides is 2. The summed E-state index contributed by atoms with van der Waals surface area (Å²) in [6.07, 6.45) is 7.94. The normalized spacial score (nSPS) is 15.6. The first-order valence-electron chi connectivity index (χ1n) is 9.25. The zero-order valence-corrected chi connectivity index (χ0v) is 17.8. The molecule has 0 bridgehead atoms. The van der Waals surface area contributed by atoms with Gasteiger partial charge in [-0.05, 0) is 80.7 Å². The lowest BCUT2D eigenvalue weighted by Gasteiger charge is -2.18. The minimum absolute atomic E-state index is 0.258. The smallest absolute Gasteiger partial charge is 0.329 e. The highest BCUT2D eigenvalue weighted by Crippen LogP contribution is 2.44. The highest BCUT2D eigenvalue weighted by molar-refractivity contribution is 9.10. The Morgan fingerprint density at radius 2 is 1.74 bits per heavy atom. The van der Waals surface area contributed by atoms with Gasteiger partial charge in [0.25, 0.3) is 0 Å². The van der Waals surface area contributed by atoms with E-state index >= 15 is 0 Å². The second-order valence-corrected chi connectivity index (χ2v) is 9.29. The number of furan rings is 1. The highest BCUT2D eigenvalue weighted by atomic mass is 79.9. The Kier molecular flexibility index (Phi) is 5.03. The molecule has 2 aliphatic carbocycles. The van der Waals surface area contributed by atoms with Crippen molar-refractivity contribution in [3.05, 3.63) is 44.6 Å². The van der Waals surface area contributed by atoms with E-state index in [-0.39, 0.29) is 6.03 Å². The van der Waals surface area contributed by atoms with Crippen molar-refractivity contribution >= 4 is 39.6 Å². The van der Waals surface area contributed by atoms with Crippen LogP contribution in [0.15, 0.2) is 26.3 Å². The van der Waals surface area contributed by atoms with Crippen LogP contribution in [-0.2, 0) is 31.3 Å². The van der Waals surface area contributed by atoms with E-state index in [1.807, 2.05) is 0 Å². The number of urea groups is 1. The highest BCUT2D eigenvalue weighted by Gasteiger charge is 2.28. The van der Waals surface area contributed by atoms with Crippen molar-refractivity contribution in [3.63, 3.8) is 0 Å². The average Bonchev–Trinajstić information content (AvgIpc) is 3.36. The van der Waals surface area contributed by atoms with E-state index in [9.17, 15) is 9.90 Å². The summed E-state index contributed by atoms with van der Waals surface area (Å²) in [5.74, 6) is 0. The number of halogens is 1. The number of hydrogen-bond acceptors (Lipinski definition) is 4. The van der Waals surface area contributed by atoms with Crippen LogP contribution in [0.1, 0.15) is 54.5 Å². The maximum absolute atomic E-state index is 12.5. The minimum atomic E-state index is -0.969. The van der Waals surface area contributed by atoms with Crippen LogP contribution in [0.5, 0.6) is 0 Å². The molecule has 1 heterocycles. The molecule has 0 saturated heterocycles. The Balaban J connectivity index is 1.49. The number of fused-ring (bicyclic) bond motifs is 2. The van der Waals surface area contributed by atoms with Crippen LogP contribution in [0.25, 0.3) is 0 Å². The van der Waals surface area contributed by atoms with Gasteiger partial charge in [-0.25, -0.2) is 4.79 Å². The van der Waals surface area contributed by atoms with Gasteiger partial charge < -0.3 is 14.8 Å². The van der Waals surface area contributed by atoms with Crippen molar-refractivity contribution in [2.75, 3.05) is 5.32 Å². The summed E-state index contributed by atoms with van der Waals surface area (Å²) in [6.45, 7) is 3.39. The number of nitrogens with one attached hydrogen (secondary N) is 2. The summed E-state index contributed by atoms with van der Waals surface area (Å²) in [6, 6.07) is 1.48. The van der Waals surface area contributed by atoms with E-state index in [0.29, 0.717) is 10.7 Å². The molecule has 0 unspecified atom stereocenters. The fraction of sp³-hybridized carbons (Fsp3) is 0.450. The zero-order chi connectivity index (χ0) is 19.2. The van der Waals surface area contributed by atoms with Gasteiger partial charge in [-0.2, -0.15) is 0 Å². The van der Waals surface area contributed by atoms with Crippen molar-refractivity contribution in [3.8, 4) is 0 Å². The van der Waals surface area contributed by atoms with Crippen molar-refractivity contribution < 1.29 is 14.3 Å². The SMILES string of the molecule is CC(C)(O)c1coc(SNC(=O)Nc2c3c(c(Br)c4c2CCC4)CCC3)c1. The average molecular weight is 451 g/mol. The third-order valence-electron chi connectivity index (χ3n) is 5.33. The molecule has 7 heteroatoms. The molecule has 2 aromatic rings. The third-order valence-corrected chi connectivity index (χ3v) is 6.99. The van der Waals surface area contributed by atoms with Crippen LogP contribution in [0, 0.1) is 0 Å². The lowest BCUT2D eigenvalue weighted by atomic mass is 9.99. The van der Waals surface area contributed by atoms with E-state index in [0.717, 1.165) is 56.2 Å². The van der Waals surface area contributed by atoms with Crippen LogP contribution < -0.4 is 10.0 Å². The minimum Gasteiger partial charge on any atom is -0.456 e. The molecule has 1 aromatic heterocycles. The second kappa shape index (κ2) is 7.18. The van der Waals surface area contributed by atoms with Crippen molar-refractivity contribution in [1.29, 1.82) is 0 Å². The first-order chi connectivity index (χ1) is 12.8. The van der Waals surface area contributed by atoms with Gasteiger partial charge in [0.05, 0.1) is 11.9 Å². The van der Waals surface area contributed by atoms with Crippen LogP contribution in [0.3, 0.4) is 0 Å². The Labute approximate surface area is 171 Å². The van der Waals surface area contributed by atoms with Gasteiger partial charge in [0.15, 0.2) is 5.09 Å². The number of benzene rings is 1. The largest absolute Gasteiger partial charge is 0.456 e. The number of carbonyl (C=O) groups excluding carboxylic acids is 1. The lowest BCUT2D eigenvalue weighted by Crippen LogP contribution is -2.24. The number of aliphatic hydroxyl groups is 1. The molecule has 1 aromatic carbocycles. The maximum Gasteiger partial charge on any atom is 0.329 e. The second-order valence-electron chi connectivity index (χ2n) is 7.68. The van der Waals surface area contributed by atoms with E-state index in [1.165, 1.54) is 33.0 Å². The van der Waals surface area contributed by atoms with E-state index < -0.39 is 5.60 Å². The van der Waals surface area contributed by atoms with Crippen molar-refractivity contribution in [2.24, 2.45) is 0 Å². The molecule has 0 fully saturated rings. The van der Waals surface area contributed by atoms with Gasteiger partial charge in [0.2, 0.25) is 0 Å². The van der Waals surface area contributed by atoms with E-state index in [2.05, 4.69) is 26.0 Å². The molecular formula is C20H23BrN2O3S. The van der Waals surface area contributed by atoms with Crippen molar-refractivity contribution in [1.82, 2.24) is 4.72 Å². The number of hydrogen-bond donors (Lipinski definition) is 3. The molecule has 4 rings (SSSR count). The summed E-state index contributed by atoms with van der Waals surface area (Å²) in [4.78, 5) is 12.5. The van der Waals surface area contributed by atoms with Crippen LogP contribution >= 0.6 is 27.9 Å². The molecule has 5 nitrogen and oxygen atoms in total. The standard InChI is InChI=1S/C20H23BrN2O3S/c1-20(2,25)11-9-16(26-10-11)27-23-19(24)22-18-14-7-3-5-12(14)17(21)13-6-4-8-15(13)18/h9-10,25H,3-8H2,1-2H3,(H2,22,23,24). The first kappa shape index (κ1) is 18.9.